The first kappa shape index (κ1) is 12.1. The van der Waals surface area contributed by atoms with E-state index in [0.29, 0.717) is 6.54 Å². The maximum atomic E-state index is 11.8. The monoisotopic (exact) mass is 232 g/mol. The van der Waals surface area contributed by atoms with Gasteiger partial charge in [0, 0.05) is 19.6 Å². The molecule has 1 heterocycles. The van der Waals surface area contributed by atoms with Crippen LogP contribution in [0.5, 0.6) is 0 Å². The summed E-state index contributed by atoms with van der Waals surface area (Å²) in [7, 11) is 0. The number of amides is 1. The van der Waals surface area contributed by atoms with Crippen molar-refractivity contribution < 1.29 is 4.79 Å². The largest absolute Gasteiger partial charge is 0.355 e. The van der Waals surface area contributed by atoms with E-state index in [4.69, 9.17) is 0 Å². The number of likely N-dealkylation sites (N-methyl/N-ethyl adjacent to an activating group) is 1. The van der Waals surface area contributed by atoms with Gasteiger partial charge >= 0.3 is 0 Å². The molecule has 0 bridgehead atoms. The van der Waals surface area contributed by atoms with Crippen molar-refractivity contribution in [1.82, 2.24) is 10.2 Å². The minimum Gasteiger partial charge on any atom is -0.355 e. The zero-order chi connectivity index (χ0) is 12.3. The van der Waals surface area contributed by atoms with E-state index < -0.39 is 0 Å². The number of hydrogen-bond donors (Lipinski definition) is 1. The summed E-state index contributed by atoms with van der Waals surface area (Å²) in [4.78, 5) is 14.0. The van der Waals surface area contributed by atoms with Crippen LogP contribution in [0.3, 0.4) is 0 Å². The highest BCUT2D eigenvalue weighted by molar-refractivity contribution is 5.81. The predicted octanol–water partition coefficient (Wildman–Crippen LogP) is 1.57. The topological polar surface area (TPSA) is 32.3 Å². The van der Waals surface area contributed by atoms with Gasteiger partial charge < -0.3 is 5.32 Å². The average Bonchev–Trinajstić information content (AvgIpc) is 2.37. The lowest BCUT2D eigenvalue weighted by molar-refractivity contribution is -0.126. The molecule has 1 aromatic carbocycles. The van der Waals surface area contributed by atoms with Gasteiger partial charge in [-0.05, 0) is 31.4 Å². The van der Waals surface area contributed by atoms with E-state index in [2.05, 4.69) is 34.5 Å². The molecule has 1 aliphatic rings. The average molecular weight is 232 g/mol. The molecule has 0 fully saturated rings. The Bertz CT molecular complexity index is 403. The van der Waals surface area contributed by atoms with Gasteiger partial charge in [-0.2, -0.15) is 0 Å². The number of benzene rings is 1. The van der Waals surface area contributed by atoms with Crippen LogP contribution in [0.4, 0.5) is 0 Å². The van der Waals surface area contributed by atoms with Crippen LogP contribution in [0.15, 0.2) is 24.3 Å². The molecule has 92 valence electrons. The molecule has 0 aromatic heterocycles. The third-order valence-electron chi connectivity index (χ3n) is 3.44. The molecule has 3 nitrogen and oxygen atoms in total. The normalized spacial score (nSPS) is 17.3. The molecule has 1 aliphatic heterocycles. The van der Waals surface area contributed by atoms with Gasteiger partial charge in [0.1, 0.15) is 0 Å². The fourth-order valence-electron chi connectivity index (χ4n) is 2.34. The van der Waals surface area contributed by atoms with E-state index in [1.807, 2.05) is 13.8 Å². The molecule has 0 spiro atoms. The van der Waals surface area contributed by atoms with Crippen molar-refractivity contribution in [2.24, 2.45) is 0 Å². The fourth-order valence-corrected chi connectivity index (χ4v) is 2.34. The third kappa shape index (κ3) is 2.67. The standard InChI is InChI=1S/C14H20N2O/c1-3-15-14(17)11(2)16-9-8-12-6-4-5-7-13(12)10-16/h4-7,11H,3,8-10H2,1-2H3,(H,15,17). The van der Waals surface area contributed by atoms with E-state index >= 15 is 0 Å². The first-order valence-corrected chi connectivity index (χ1v) is 6.31. The first-order chi connectivity index (χ1) is 8.22. The first-order valence-electron chi connectivity index (χ1n) is 6.31. The maximum absolute atomic E-state index is 11.8. The summed E-state index contributed by atoms with van der Waals surface area (Å²) in [5, 5.41) is 2.89. The number of nitrogens with one attached hydrogen (secondary N) is 1. The number of hydrogen-bond acceptors (Lipinski definition) is 2. The summed E-state index contributed by atoms with van der Waals surface area (Å²) in [6.45, 7) is 6.49. The molecule has 0 saturated heterocycles. The number of nitrogens with zero attached hydrogens (tertiary/aromatic N) is 1. The Morgan fingerprint density at radius 2 is 2.12 bits per heavy atom. The molecule has 1 amide bonds. The number of rotatable bonds is 3. The van der Waals surface area contributed by atoms with E-state index in [1.165, 1.54) is 11.1 Å². The van der Waals surface area contributed by atoms with E-state index in [1.54, 1.807) is 0 Å². The van der Waals surface area contributed by atoms with Gasteiger partial charge in [0.05, 0.1) is 6.04 Å². The zero-order valence-electron chi connectivity index (χ0n) is 10.6. The lowest BCUT2D eigenvalue weighted by Gasteiger charge is -2.32. The maximum Gasteiger partial charge on any atom is 0.237 e. The number of carbonyl (C=O) groups is 1. The second-order valence-corrected chi connectivity index (χ2v) is 4.56. The van der Waals surface area contributed by atoms with Gasteiger partial charge in [0.15, 0.2) is 0 Å². The highest BCUT2D eigenvalue weighted by atomic mass is 16.2. The molecule has 1 aromatic rings. The fraction of sp³-hybridized carbons (Fsp3) is 0.500. The highest BCUT2D eigenvalue weighted by Crippen LogP contribution is 2.20. The lowest BCUT2D eigenvalue weighted by Crippen LogP contribution is -2.46. The molecule has 0 saturated carbocycles. The van der Waals surface area contributed by atoms with Gasteiger partial charge in [-0.1, -0.05) is 24.3 Å². The van der Waals surface area contributed by atoms with Crippen LogP contribution in [0, 0.1) is 0 Å². The van der Waals surface area contributed by atoms with Crippen molar-refractivity contribution in [2.45, 2.75) is 32.9 Å². The molecular weight excluding hydrogens is 212 g/mol. The van der Waals surface area contributed by atoms with Crippen LogP contribution in [-0.2, 0) is 17.8 Å². The van der Waals surface area contributed by atoms with Crippen molar-refractivity contribution in [3.8, 4) is 0 Å². The summed E-state index contributed by atoms with van der Waals surface area (Å²) >= 11 is 0. The highest BCUT2D eigenvalue weighted by Gasteiger charge is 2.24. The van der Waals surface area contributed by atoms with Gasteiger partial charge in [-0.25, -0.2) is 0 Å². The molecule has 2 rings (SSSR count). The molecule has 0 radical (unpaired) electrons. The molecule has 0 aliphatic carbocycles. The van der Waals surface area contributed by atoms with Crippen molar-refractivity contribution in [3.05, 3.63) is 35.4 Å². The molecule has 3 heteroatoms. The zero-order valence-corrected chi connectivity index (χ0v) is 10.6. The number of carbonyl (C=O) groups excluding carboxylic acids is 1. The van der Waals surface area contributed by atoms with Crippen LogP contribution in [0.2, 0.25) is 0 Å². The van der Waals surface area contributed by atoms with Crippen LogP contribution >= 0.6 is 0 Å². The Kier molecular flexibility index (Phi) is 3.79. The summed E-state index contributed by atoms with van der Waals surface area (Å²) in [6.07, 6.45) is 1.04. The molecule has 1 unspecified atom stereocenters. The van der Waals surface area contributed by atoms with Crippen LogP contribution in [0.1, 0.15) is 25.0 Å². The van der Waals surface area contributed by atoms with Gasteiger partial charge in [0.25, 0.3) is 0 Å². The van der Waals surface area contributed by atoms with Gasteiger partial charge in [-0.3, -0.25) is 9.69 Å². The summed E-state index contributed by atoms with van der Waals surface area (Å²) < 4.78 is 0. The minimum atomic E-state index is -0.0386. The number of fused-ring (bicyclic) bond motifs is 1. The second-order valence-electron chi connectivity index (χ2n) is 4.56. The van der Waals surface area contributed by atoms with Gasteiger partial charge in [-0.15, -0.1) is 0 Å². The minimum absolute atomic E-state index is 0.0386. The Hall–Kier alpha value is -1.35. The van der Waals surface area contributed by atoms with Crippen LogP contribution < -0.4 is 5.32 Å². The van der Waals surface area contributed by atoms with Gasteiger partial charge in [0.2, 0.25) is 5.91 Å². The Labute approximate surface area is 103 Å². The second kappa shape index (κ2) is 5.32. The van der Waals surface area contributed by atoms with Crippen molar-refractivity contribution in [1.29, 1.82) is 0 Å². The van der Waals surface area contributed by atoms with E-state index in [-0.39, 0.29) is 11.9 Å². The summed E-state index contributed by atoms with van der Waals surface area (Å²) in [5.41, 5.74) is 2.78. The summed E-state index contributed by atoms with van der Waals surface area (Å²) in [5.74, 6) is 0.131. The quantitative estimate of drug-likeness (QED) is 0.858. The van der Waals surface area contributed by atoms with E-state index in [9.17, 15) is 4.79 Å². The Morgan fingerprint density at radius 1 is 1.41 bits per heavy atom. The predicted molar refractivity (Wildman–Crippen MR) is 68.7 cm³/mol. The summed E-state index contributed by atoms with van der Waals surface area (Å²) in [6, 6.07) is 8.46. The lowest BCUT2D eigenvalue weighted by atomic mass is 9.99. The molecule has 1 N–H and O–H groups in total. The third-order valence-corrected chi connectivity index (χ3v) is 3.44. The van der Waals surface area contributed by atoms with Crippen LogP contribution in [0.25, 0.3) is 0 Å². The Morgan fingerprint density at radius 3 is 2.82 bits per heavy atom. The molecular formula is C14H20N2O. The van der Waals surface area contributed by atoms with Crippen LogP contribution in [-0.4, -0.2) is 29.9 Å². The van der Waals surface area contributed by atoms with E-state index in [0.717, 1.165) is 19.5 Å². The van der Waals surface area contributed by atoms with Crippen molar-refractivity contribution in [3.63, 3.8) is 0 Å². The Balaban J connectivity index is 2.04. The van der Waals surface area contributed by atoms with Crippen molar-refractivity contribution >= 4 is 5.91 Å². The van der Waals surface area contributed by atoms with Crippen molar-refractivity contribution in [2.75, 3.05) is 13.1 Å². The smallest absolute Gasteiger partial charge is 0.237 e. The molecule has 17 heavy (non-hydrogen) atoms. The molecule has 1 atom stereocenters. The SMILES string of the molecule is CCNC(=O)C(C)N1CCc2ccccc2C1.